The standard InChI is InChI=1S/C18H21N3O2S.ClH/c1-11-4-3-5-12(8-11)9-15(22)20-18-16(17(19)23)13-6-7-21(2)10-14(13)24-18;/h3-5,8H,6-7,9-10H2,1-2H3,(H2,19,23)(H,20,22);1H. The third-order valence-electron chi connectivity index (χ3n) is 4.19. The fraction of sp³-hybridized carbons (Fsp3) is 0.333. The summed E-state index contributed by atoms with van der Waals surface area (Å²) < 4.78 is 0. The van der Waals surface area contributed by atoms with E-state index in [-0.39, 0.29) is 24.7 Å². The van der Waals surface area contributed by atoms with Gasteiger partial charge in [-0.1, -0.05) is 29.8 Å². The van der Waals surface area contributed by atoms with Crippen molar-refractivity contribution in [3.05, 3.63) is 51.4 Å². The molecule has 3 N–H and O–H groups in total. The number of primary amides is 1. The molecule has 5 nitrogen and oxygen atoms in total. The molecule has 134 valence electrons. The molecule has 1 aromatic carbocycles. The normalized spacial score (nSPS) is 13.7. The van der Waals surface area contributed by atoms with Gasteiger partial charge in [-0.3, -0.25) is 9.59 Å². The van der Waals surface area contributed by atoms with Crippen LogP contribution in [0.1, 0.15) is 31.9 Å². The number of benzene rings is 1. The van der Waals surface area contributed by atoms with Gasteiger partial charge in [-0.05, 0) is 31.5 Å². The molecule has 2 aromatic rings. The predicted molar refractivity (Wildman–Crippen MR) is 104 cm³/mol. The van der Waals surface area contributed by atoms with Crippen LogP contribution in [0.15, 0.2) is 24.3 Å². The van der Waals surface area contributed by atoms with Gasteiger partial charge in [0.2, 0.25) is 5.91 Å². The molecule has 0 fully saturated rings. The van der Waals surface area contributed by atoms with Crippen LogP contribution >= 0.6 is 23.7 Å². The number of carbonyl (C=O) groups excluding carboxylic acids is 2. The van der Waals surface area contributed by atoms with Crippen LogP contribution in [0.2, 0.25) is 0 Å². The van der Waals surface area contributed by atoms with Gasteiger partial charge in [0.1, 0.15) is 5.00 Å². The molecule has 1 aliphatic rings. The molecule has 2 amide bonds. The lowest BCUT2D eigenvalue weighted by Crippen LogP contribution is -2.27. The summed E-state index contributed by atoms with van der Waals surface area (Å²) in [5.41, 5.74) is 9.12. The van der Waals surface area contributed by atoms with Crippen LogP contribution in [0.4, 0.5) is 5.00 Å². The zero-order valence-electron chi connectivity index (χ0n) is 14.3. The van der Waals surface area contributed by atoms with Crippen LogP contribution in [-0.2, 0) is 24.2 Å². The fourth-order valence-electron chi connectivity index (χ4n) is 3.06. The molecule has 0 unspecified atom stereocenters. The maximum atomic E-state index is 12.4. The number of nitrogens with one attached hydrogen (secondary N) is 1. The highest BCUT2D eigenvalue weighted by Gasteiger charge is 2.26. The number of hydrogen-bond acceptors (Lipinski definition) is 4. The molecule has 0 aliphatic carbocycles. The lowest BCUT2D eigenvalue weighted by Gasteiger charge is -2.22. The Bertz CT molecular complexity index is 804. The van der Waals surface area contributed by atoms with E-state index in [0.29, 0.717) is 10.6 Å². The number of anilines is 1. The Morgan fingerprint density at radius 1 is 1.36 bits per heavy atom. The molecule has 25 heavy (non-hydrogen) atoms. The van der Waals surface area contributed by atoms with Gasteiger partial charge >= 0.3 is 0 Å². The summed E-state index contributed by atoms with van der Waals surface area (Å²) in [4.78, 5) is 27.6. The molecule has 0 atom stereocenters. The van der Waals surface area contributed by atoms with Gasteiger partial charge in [-0.2, -0.15) is 0 Å². The van der Waals surface area contributed by atoms with E-state index in [1.807, 2.05) is 38.2 Å². The Kier molecular flexibility index (Phi) is 6.21. The lowest BCUT2D eigenvalue weighted by molar-refractivity contribution is -0.115. The Labute approximate surface area is 157 Å². The van der Waals surface area contributed by atoms with Gasteiger partial charge in [-0.15, -0.1) is 23.7 Å². The number of rotatable bonds is 4. The Morgan fingerprint density at radius 3 is 2.80 bits per heavy atom. The summed E-state index contributed by atoms with van der Waals surface area (Å²) >= 11 is 1.46. The Morgan fingerprint density at radius 2 is 2.12 bits per heavy atom. The molecule has 2 heterocycles. The van der Waals surface area contributed by atoms with E-state index in [2.05, 4.69) is 10.2 Å². The first-order chi connectivity index (χ1) is 11.4. The molecule has 1 aromatic heterocycles. The van der Waals surface area contributed by atoms with Crippen molar-refractivity contribution in [3.8, 4) is 0 Å². The second kappa shape index (κ2) is 7.99. The number of fused-ring (bicyclic) bond motifs is 1. The van der Waals surface area contributed by atoms with Crippen LogP contribution in [0.25, 0.3) is 0 Å². The first-order valence-corrected chi connectivity index (χ1v) is 8.74. The molecule has 7 heteroatoms. The van der Waals surface area contributed by atoms with E-state index >= 15 is 0 Å². The summed E-state index contributed by atoms with van der Waals surface area (Å²) in [6.07, 6.45) is 1.07. The molecule has 0 saturated carbocycles. The zero-order valence-corrected chi connectivity index (χ0v) is 15.9. The van der Waals surface area contributed by atoms with Crippen molar-refractivity contribution < 1.29 is 9.59 Å². The molecular formula is C18H22ClN3O2S. The zero-order chi connectivity index (χ0) is 17.3. The van der Waals surface area contributed by atoms with E-state index in [0.717, 1.165) is 41.1 Å². The van der Waals surface area contributed by atoms with Gasteiger partial charge in [0.25, 0.3) is 5.91 Å². The van der Waals surface area contributed by atoms with Crippen molar-refractivity contribution in [2.24, 2.45) is 5.73 Å². The number of nitrogens with zero attached hydrogens (tertiary/aromatic N) is 1. The highest BCUT2D eigenvalue weighted by Crippen LogP contribution is 2.36. The number of thiophene rings is 1. The number of hydrogen-bond donors (Lipinski definition) is 2. The van der Waals surface area contributed by atoms with Gasteiger partial charge < -0.3 is 16.0 Å². The molecular weight excluding hydrogens is 358 g/mol. The van der Waals surface area contributed by atoms with Crippen LogP contribution < -0.4 is 11.1 Å². The maximum absolute atomic E-state index is 12.4. The number of likely N-dealkylation sites (N-methyl/N-ethyl adjacent to an activating group) is 1. The van der Waals surface area contributed by atoms with Gasteiger partial charge in [0.05, 0.1) is 12.0 Å². The Balaban J connectivity index is 0.00000225. The van der Waals surface area contributed by atoms with Crippen molar-refractivity contribution in [2.45, 2.75) is 26.3 Å². The number of halogens is 1. The van der Waals surface area contributed by atoms with Crippen LogP contribution in [0.5, 0.6) is 0 Å². The van der Waals surface area contributed by atoms with Crippen molar-refractivity contribution >= 4 is 40.6 Å². The molecule has 0 saturated heterocycles. The van der Waals surface area contributed by atoms with Gasteiger partial charge in [0, 0.05) is 18.0 Å². The average Bonchev–Trinajstić information content (AvgIpc) is 2.83. The smallest absolute Gasteiger partial charge is 0.251 e. The summed E-state index contributed by atoms with van der Waals surface area (Å²) in [7, 11) is 2.04. The van der Waals surface area contributed by atoms with Crippen LogP contribution in [0.3, 0.4) is 0 Å². The summed E-state index contributed by atoms with van der Waals surface area (Å²) in [6, 6.07) is 7.85. The molecule has 0 bridgehead atoms. The monoisotopic (exact) mass is 379 g/mol. The SMILES string of the molecule is Cc1cccc(CC(=O)Nc2sc3c(c2C(N)=O)CCN(C)C3)c1.Cl. The van der Waals surface area contributed by atoms with Crippen molar-refractivity contribution in [1.29, 1.82) is 0 Å². The topological polar surface area (TPSA) is 75.4 Å². The third kappa shape index (κ3) is 4.39. The number of aryl methyl sites for hydroxylation is 1. The predicted octanol–water partition coefficient (Wildman–Crippen LogP) is 2.75. The number of carbonyl (C=O) groups is 2. The third-order valence-corrected chi connectivity index (χ3v) is 5.33. The minimum atomic E-state index is -0.470. The van der Waals surface area contributed by atoms with E-state index in [4.69, 9.17) is 5.73 Å². The minimum absolute atomic E-state index is 0. The summed E-state index contributed by atoms with van der Waals surface area (Å²) in [6.45, 7) is 3.67. The molecule has 0 spiro atoms. The highest BCUT2D eigenvalue weighted by atomic mass is 35.5. The molecule has 0 radical (unpaired) electrons. The average molecular weight is 380 g/mol. The van der Waals surface area contributed by atoms with Gasteiger partial charge in [-0.25, -0.2) is 0 Å². The van der Waals surface area contributed by atoms with Crippen molar-refractivity contribution in [2.75, 3.05) is 18.9 Å². The fourth-order valence-corrected chi connectivity index (χ4v) is 4.41. The first-order valence-electron chi connectivity index (χ1n) is 7.92. The van der Waals surface area contributed by atoms with Crippen molar-refractivity contribution in [3.63, 3.8) is 0 Å². The maximum Gasteiger partial charge on any atom is 0.251 e. The summed E-state index contributed by atoms with van der Waals surface area (Å²) in [5, 5.41) is 3.48. The van der Waals surface area contributed by atoms with E-state index < -0.39 is 5.91 Å². The summed E-state index contributed by atoms with van der Waals surface area (Å²) in [5.74, 6) is -0.599. The lowest BCUT2D eigenvalue weighted by atomic mass is 10.0. The minimum Gasteiger partial charge on any atom is -0.365 e. The van der Waals surface area contributed by atoms with Crippen molar-refractivity contribution in [1.82, 2.24) is 4.90 Å². The quantitative estimate of drug-likeness (QED) is 0.857. The highest BCUT2D eigenvalue weighted by molar-refractivity contribution is 7.17. The van der Waals surface area contributed by atoms with Crippen LogP contribution in [-0.4, -0.2) is 30.3 Å². The number of nitrogens with two attached hydrogens (primary N) is 1. The number of amides is 2. The van der Waals surface area contributed by atoms with E-state index in [9.17, 15) is 9.59 Å². The second-order valence-electron chi connectivity index (χ2n) is 6.27. The molecule has 3 rings (SSSR count). The van der Waals surface area contributed by atoms with Gasteiger partial charge in [0.15, 0.2) is 0 Å². The second-order valence-corrected chi connectivity index (χ2v) is 7.38. The van der Waals surface area contributed by atoms with Crippen LogP contribution in [0, 0.1) is 6.92 Å². The largest absolute Gasteiger partial charge is 0.365 e. The first kappa shape index (κ1) is 19.4. The Hall–Kier alpha value is -1.89. The van der Waals surface area contributed by atoms with E-state index in [1.165, 1.54) is 11.3 Å². The molecule has 1 aliphatic heterocycles. The van der Waals surface area contributed by atoms with E-state index in [1.54, 1.807) is 0 Å².